The molecule has 0 aliphatic rings. The first-order chi connectivity index (χ1) is 9.74. The lowest BCUT2D eigenvalue weighted by Gasteiger charge is -2.15. The van der Waals surface area contributed by atoms with Gasteiger partial charge in [0.1, 0.15) is 10.9 Å². The fraction of sp³-hybridized carbons (Fsp3) is 0.333. The minimum absolute atomic E-state index is 0.0281. The Kier molecular flexibility index (Phi) is 6.13. The highest BCUT2D eigenvalue weighted by atomic mass is 35.5. The molecule has 0 aromatic heterocycles. The molecule has 0 spiro atoms. The van der Waals surface area contributed by atoms with Gasteiger partial charge in [-0.25, -0.2) is 8.42 Å². The molecule has 1 rings (SSSR count). The maximum absolute atomic E-state index is 12.1. The van der Waals surface area contributed by atoms with Crippen molar-refractivity contribution in [2.45, 2.75) is 30.2 Å². The molecule has 1 aromatic carbocycles. The van der Waals surface area contributed by atoms with Gasteiger partial charge in [-0.05, 0) is 25.0 Å². The second-order valence-electron chi connectivity index (χ2n) is 4.23. The molecule has 0 aliphatic carbocycles. The Labute approximate surface area is 126 Å². The summed E-state index contributed by atoms with van der Waals surface area (Å²) in [7, 11) is -4.10. The molecule has 0 saturated heterocycles. The van der Waals surface area contributed by atoms with Crippen LogP contribution in [0.3, 0.4) is 0 Å². The number of carboxylic acid groups (broad SMARTS) is 2. The second kappa shape index (κ2) is 7.39. The number of sulfonamides is 1. The van der Waals surface area contributed by atoms with Gasteiger partial charge in [-0.1, -0.05) is 23.7 Å². The number of rotatable bonds is 8. The quantitative estimate of drug-likeness (QED) is 0.659. The van der Waals surface area contributed by atoms with Crippen molar-refractivity contribution in [1.29, 1.82) is 0 Å². The summed E-state index contributed by atoms with van der Waals surface area (Å²) in [4.78, 5) is 21.2. The predicted molar refractivity (Wildman–Crippen MR) is 74.7 cm³/mol. The van der Waals surface area contributed by atoms with E-state index in [2.05, 4.69) is 0 Å². The van der Waals surface area contributed by atoms with Gasteiger partial charge in [-0.2, -0.15) is 4.72 Å². The first-order valence-electron chi connectivity index (χ1n) is 5.95. The number of hydrogen-bond acceptors (Lipinski definition) is 4. The van der Waals surface area contributed by atoms with Crippen molar-refractivity contribution in [2.24, 2.45) is 0 Å². The summed E-state index contributed by atoms with van der Waals surface area (Å²) in [6, 6.07) is 4.21. The average Bonchev–Trinajstić information content (AvgIpc) is 2.37. The maximum Gasteiger partial charge on any atom is 0.321 e. The number of hydrogen-bond donors (Lipinski definition) is 3. The Bertz CT molecular complexity index is 630. The molecular weight excluding hydrogens is 322 g/mol. The van der Waals surface area contributed by atoms with Crippen LogP contribution in [0.15, 0.2) is 29.2 Å². The van der Waals surface area contributed by atoms with Gasteiger partial charge >= 0.3 is 11.9 Å². The molecule has 0 amide bonds. The molecular formula is C12H14ClNO6S. The van der Waals surface area contributed by atoms with Crippen molar-refractivity contribution in [3.05, 3.63) is 29.3 Å². The molecule has 0 bridgehead atoms. The number of nitrogens with one attached hydrogen (secondary N) is 1. The van der Waals surface area contributed by atoms with Crippen LogP contribution in [0.5, 0.6) is 0 Å². The highest BCUT2D eigenvalue weighted by Crippen LogP contribution is 2.21. The third-order valence-electron chi connectivity index (χ3n) is 2.61. The van der Waals surface area contributed by atoms with E-state index < -0.39 is 28.0 Å². The van der Waals surface area contributed by atoms with E-state index in [4.69, 9.17) is 21.8 Å². The first-order valence-corrected chi connectivity index (χ1v) is 7.81. The summed E-state index contributed by atoms with van der Waals surface area (Å²) in [5, 5.41) is 17.5. The second-order valence-corrected chi connectivity index (χ2v) is 6.32. The van der Waals surface area contributed by atoms with Crippen LogP contribution >= 0.6 is 11.6 Å². The molecule has 1 atom stereocenters. The van der Waals surface area contributed by atoms with Crippen LogP contribution in [-0.4, -0.2) is 36.6 Å². The molecule has 3 N–H and O–H groups in total. The summed E-state index contributed by atoms with van der Waals surface area (Å²) in [6.45, 7) is 0. The van der Waals surface area contributed by atoms with Crippen LogP contribution in [0.1, 0.15) is 19.3 Å². The fourth-order valence-electron chi connectivity index (χ4n) is 1.60. The molecule has 0 fully saturated rings. The van der Waals surface area contributed by atoms with Crippen LogP contribution in [0.25, 0.3) is 0 Å². The van der Waals surface area contributed by atoms with Gasteiger partial charge in [-0.15, -0.1) is 0 Å². The summed E-state index contributed by atoms with van der Waals surface area (Å²) in [6.07, 6.45) is -0.333. The fourth-order valence-corrected chi connectivity index (χ4v) is 3.35. The molecule has 116 valence electrons. The van der Waals surface area contributed by atoms with Gasteiger partial charge in [0.25, 0.3) is 0 Å². The van der Waals surface area contributed by atoms with Crippen molar-refractivity contribution in [1.82, 2.24) is 4.72 Å². The zero-order valence-electron chi connectivity index (χ0n) is 10.8. The highest BCUT2D eigenvalue weighted by Gasteiger charge is 2.26. The van der Waals surface area contributed by atoms with E-state index in [1.165, 1.54) is 18.2 Å². The smallest absolute Gasteiger partial charge is 0.321 e. The van der Waals surface area contributed by atoms with E-state index in [1.807, 2.05) is 4.72 Å². The number of halogens is 1. The number of carbonyl (C=O) groups is 2. The number of aliphatic carboxylic acids is 2. The van der Waals surface area contributed by atoms with Gasteiger partial charge in [0.05, 0.1) is 5.02 Å². The monoisotopic (exact) mass is 335 g/mol. The largest absolute Gasteiger partial charge is 0.481 e. The van der Waals surface area contributed by atoms with E-state index >= 15 is 0 Å². The van der Waals surface area contributed by atoms with Crippen LogP contribution in [-0.2, 0) is 19.6 Å². The summed E-state index contributed by atoms with van der Waals surface area (Å²) in [5.74, 6) is -2.45. The molecule has 0 heterocycles. The van der Waals surface area contributed by atoms with Crippen molar-refractivity contribution < 1.29 is 28.2 Å². The summed E-state index contributed by atoms with van der Waals surface area (Å²) >= 11 is 5.77. The van der Waals surface area contributed by atoms with Gasteiger partial charge in [-0.3, -0.25) is 9.59 Å². The van der Waals surface area contributed by atoms with Crippen LogP contribution in [0.2, 0.25) is 5.02 Å². The normalized spacial score (nSPS) is 12.8. The predicted octanol–water partition coefficient (Wildman–Crippen LogP) is 1.33. The van der Waals surface area contributed by atoms with Crippen LogP contribution < -0.4 is 4.72 Å². The minimum atomic E-state index is -4.10. The maximum atomic E-state index is 12.1. The Balaban J connectivity index is 2.85. The topological polar surface area (TPSA) is 121 Å². The Morgan fingerprint density at radius 2 is 1.86 bits per heavy atom. The standard InChI is InChI=1S/C12H14ClNO6S/c13-8-4-1-2-6-10(8)21(19,20)14-9(12(17)18)5-3-7-11(15)16/h1-2,4,6,9,14H,3,5,7H2,(H,15,16)(H,17,18)/t9-/m1/s1. The van der Waals surface area contributed by atoms with Crippen LogP contribution in [0, 0.1) is 0 Å². The highest BCUT2D eigenvalue weighted by molar-refractivity contribution is 7.89. The molecule has 21 heavy (non-hydrogen) atoms. The van der Waals surface area contributed by atoms with E-state index in [9.17, 15) is 18.0 Å². The lowest BCUT2D eigenvalue weighted by atomic mass is 10.1. The Morgan fingerprint density at radius 1 is 1.24 bits per heavy atom. The molecule has 0 unspecified atom stereocenters. The van der Waals surface area contributed by atoms with E-state index in [0.29, 0.717) is 0 Å². The van der Waals surface area contributed by atoms with Crippen LogP contribution in [0.4, 0.5) is 0 Å². The first kappa shape index (κ1) is 17.4. The lowest BCUT2D eigenvalue weighted by Crippen LogP contribution is -2.40. The average molecular weight is 336 g/mol. The third kappa shape index (κ3) is 5.33. The van der Waals surface area contributed by atoms with E-state index in [0.717, 1.165) is 0 Å². The third-order valence-corrected chi connectivity index (χ3v) is 4.58. The molecule has 1 aromatic rings. The molecule has 0 saturated carbocycles. The lowest BCUT2D eigenvalue weighted by molar-refractivity contribution is -0.140. The van der Waals surface area contributed by atoms with Gasteiger partial charge in [0.2, 0.25) is 10.0 Å². The Hall–Kier alpha value is -1.64. The SMILES string of the molecule is O=C(O)CCC[C@@H](NS(=O)(=O)c1ccccc1Cl)C(=O)O. The zero-order chi connectivity index (χ0) is 16.0. The van der Waals surface area contributed by atoms with Gasteiger partial charge in [0.15, 0.2) is 0 Å². The van der Waals surface area contributed by atoms with Crippen molar-refractivity contribution in [3.63, 3.8) is 0 Å². The zero-order valence-corrected chi connectivity index (χ0v) is 12.4. The number of benzene rings is 1. The van der Waals surface area contributed by atoms with E-state index in [-0.39, 0.29) is 29.2 Å². The van der Waals surface area contributed by atoms with Gasteiger partial charge in [0, 0.05) is 6.42 Å². The summed E-state index contributed by atoms with van der Waals surface area (Å²) in [5.41, 5.74) is 0. The minimum Gasteiger partial charge on any atom is -0.481 e. The molecule has 7 nitrogen and oxygen atoms in total. The molecule has 0 aliphatic heterocycles. The number of carboxylic acids is 2. The van der Waals surface area contributed by atoms with Gasteiger partial charge < -0.3 is 10.2 Å². The van der Waals surface area contributed by atoms with E-state index in [1.54, 1.807) is 6.07 Å². The van der Waals surface area contributed by atoms with Crippen molar-refractivity contribution >= 4 is 33.6 Å². The summed E-state index contributed by atoms with van der Waals surface area (Å²) < 4.78 is 26.2. The van der Waals surface area contributed by atoms with Crippen molar-refractivity contribution in [2.75, 3.05) is 0 Å². The molecule has 0 radical (unpaired) electrons. The Morgan fingerprint density at radius 3 is 2.38 bits per heavy atom. The van der Waals surface area contributed by atoms with Crippen molar-refractivity contribution in [3.8, 4) is 0 Å². The molecule has 9 heteroatoms.